The molecule has 9 heteroatoms. The first-order valence-corrected chi connectivity index (χ1v) is 13.8. The summed E-state index contributed by atoms with van der Waals surface area (Å²) in [6, 6.07) is 18.9. The zero-order valence-corrected chi connectivity index (χ0v) is 22.6. The molecule has 0 aliphatic heterocycles. The molecular formula is C28H35N3O5S. The van der Waals surface area contributed by atoms with Crippen LogP contribution in [0, 0.1) is 0 Å². The van der Waals surface area contributed by atoms with Crippen LogP contribution in [0.2, 0.25) is 0 Å². The number of benzene rings is 3. The topological polar surface area (TPSA) is 96.0 Å². The average Bonchev–Trinajstić information content (AvgIpc) is 2.91. The fourth-order valence-electron chi connectivity index (χ4n) is 4.13. The Morgan fingerprint density at radius 3 is 2.38 bits per heavy atom. The van der Waals surface area contributed by atoms with Crippen LogP contribution in [0.5, 0.6) is 5.75 Å². The Bertz CT molecular complexity index is 1340. The molecule has 198 valence electrons. The number of nitrogens with zero attached hydrogens (tertiary/aromatic N) is 2. The standard InChI is InChI=1S/C28H35N3O5S/c1-5-16-29-28(33)26(6-2)31(19-21-10-9-13-24(17-21)36-4)27(32)20-30(3)37(34,35)25-15-14-22-11-7-8-12-23(22)18-25/h7-15,17-18,26H,5-6,16,19-20H2,1-4H3,(H,29,33)/t26-/m0/s1. The third-order valence-corrected chi connectivity index (χ3v) is 8.01. The minimum absolute atomic E-state index is 0.105. The minimum atomic E-state index is -3.94. The van der Waals surface area contributed by atoms with Crippen molar-refractivity contribution in [2.45, 2.75) is 44.2 Å². The number of fused-ring (bicyclic) bond motifs is 1. The van der Waals surface area contributed by atoms with Crippen LogP contribution in [0.15, 0.2) is 71.6 Å². The predicted octanol–water partition coefficient (Wildman–Crippen LogP) is 3.80. The molecule has 0 bridgehead atoms. The van der Waals surface area contributed by atoms with Gasteiger partial charge in [-0.2, -0.15) is 4.31 Å². The van der Waals surface area contributed by atoms with Crippen molar-refractivity contribution in [1.29, 1.82) is 0 Å². The molecule has 0 saturated carbocycles. The summed E-state index contributed by atoms with van der Waals surface area (Å²) in [5.74, 6) is -0.0989. The van der Waals surface area contributed by atoms with Crippen molar-refractivity contribution in [3.63, 3.8) is 0 Å². The molecule has 3 aromatic rings. The van der Waals surface area contributed by atoms with Gasteiger partial charge in [0.05, 0.1) is 18.6 Å². The second-order valence-electron chi connectivity index (χ2n) is 8.86. The minimum Gasteiger partial charge on any atom is -0.497 e. The number of carbonyl (C=O) groups excluding carboxylic acids is 2. The molecule has 8 nitrogen and oxygen atoms in total. The SMILES string of the molecule is CCCNC(=O)[C@H](CC)N(Cc1cccc(OC)c1)C(=O)CN(C)S(=O)(=O)c1ccc2ccccc2c1. The summed E-state index contributed by atoms with van der Waals surface area (Å²) in [6.07, 6.45) is 1.14. The molecular weight excluding hydrogens is 490 g/mol. The first kappa shape index (κ1) is 28.1. The van der Waals surface area contributed by atoms with Gasteiger partial charge in [0, 0.05) is 20.1 Å². The predicted molar refractivity (Wildman–Crippen MR) is 145 cm³/mol. The molecule has 0 aromatic heterocycles. The van der Waals surface area contributed by atoms with Crippen molar-refractivity contribution in [2.75, 3.05) is 27.2 Å². The van der Waals surface area contributed by atoms with E-state index >= 15 is 0 Å². The second kappa shape index (κ2) is 12.7. The fourth-order valence-corrected chi connectivity index (χ4v) is 5.28. The number of rotatable bonds is 12. The smallest absolute Gasteiger partial charge is 0.243 e. The molecule has 0 unspecified atom stereocenters. The molecule has 0 aliphatic rings. The summed E-state index contributed by atoms with van der Waals surface area (Å²) in [4.78, 5) is 28.1. The molecule has 0 saturated heterocycles. The maximum Gasteiger partial charge on any atom is 0.243 e. The quantitative estimate of drug-likeness (QED) is 0.388. The lowest BCUT2D eigenvalue weighted by atomic mass is 10.1. The summed E-state index contributed by atoms with van der Waals surface area (Å²) in [5, 5.41) is 4.58. The van der Waals surface area contributed by atoms with Crippen LogP contribution in [-0.2, 0) is 26.2 Å². The van der Waals surface area contributed by atoms with Crippen molar-refractivity contribution < 1.29 is 22.7 Å². The highest BCUT2D eigenvalue weighted by atomic mass is 32.2. The van der Waals surface area contributed by atoms with Crippen molar-refractivity contribution in [3.05, 3.63) is 72.3 Å². The first-order valence-electron chi connectivity index (χ1n) is 12.4. The van der Waals surface area contributed by atoms with Crippen molar-refractivity contribution >= 4 is 32.6 Å². The van der Waals surface area contributed by atoms with E-state index < -0.39 is 28.5 Å². The maximum absolute atomic E-state index is 13.6. The average molecular weight is 526 g/mol. The van der Waals surface area contributed by atoms with Crippen LogP contribution < -0.4 is 10.1 Å². The summed E-state index contributed by atoms with van der Waals surface area (Å²) >= 11 is 0. The molecule has 2 amide bonds. The lowest BCUT2D eigenvalue weighted by Crippen LogP contribution is -2.51. The second-order valence-corrected chi connectivity index (χ2v) is 10.9. The Morgan fingerprint density at radius 2 is 1.70 bits per heavy atom. The van der Waals surface area contributed by atoms with E-state index in [0.29, 0.717) is 18.7 Å². The molecule has 0 spiro atoms. The highest BCUT2D eigenvalue weighted by Gasteiger charge is 2.31. The van der Waals surface area contributed by atoms with Gasteiger partial charge in [-0.25, -0.2) is 8.42 Å². The molecule has 1 atom stereocenters. The number of likely N-dealkylation sites (N-methyl/N-ethyl adjacent to an activating group) is 1. The van der Waals surface area contributed by atoms with Crippen molar-refractivity contribution in [2.24, 2.45) is 0 Å². The van der Waals surface area contributed by atoms with Gasteiger partial charge in [0.2, 0.25) is 21.8 Å². The van der Waals surface area contributed by atoms with Gasteiger partial charge >= 0.3 is 0 Å². The summed E-state index contributed by atoms with van der Waals surface area (Å²) < 4.78 is 33.0. The number of carbonyl (C=O) groups is 2. The number of nitrogens with one attached hydrogen (secondary N) is 1. The number of hydrogen-bond donors (Lipinski definition) is 1. The lowest BCUT2D eigenvalue weighted by molar-refractivity contribution is -0.141. The van der Waals surface area contributed by atoms with E-state index in [4.69, 9.17) is 4.74 Å². The Morgan fingerprint density at radius 1 is 0.973 bits per heavy atom. The van der Waals surface area contributed by atoms with Crippen LogP contribution >= 0.6 is 0 Å². The summed E-state index contributed by atoms with van der Waals surface area (Å²) in [7, 11) is -1.01. The van der Waals surface area contributed by atoms with Gasteiger partial charge in [-0.15, -0.1) is 0 Å². The van der Waals surface area contributed by atoms with Crippen LogP contribution in [-0.4, -0.2) is 62.7 Å². The van der Waals surface area contributed by atoms with E-state index in [1.165, 1.54) is 11.9 Å². The van der Waals surface area contributed by atoms with E-state index in [1.807, 2.05) is 50.2 Å². The first-order chi connectivity index (χ1) is 17.7. The number of amides is 2. The van der Waals surface area contributed by atoms with Crippen LogP contribution in [0.1, 0.15) is 32.3 Å². The molecule has 3 aromatic carbocycles. The molecule has 1 N–H and O–H groups in total. The molecule has 0 aliphatic carbocycles. The molecule has 3 rings (SSSR count). The molecule has 0 radical (unpaired) electrons. The number of methoxy groups -OCH3 is 1. The van der Waals surface area contributed by atoms with Gasteiger partial charge in [-0.3, -0.25) is 9.59 Å². The third-order valence-electron chi connectivity index (χ3n) is 6.21. The highest BCUT2D eigenvalue weighted by molar-refractivity contribution is 7.89. The van der Waals surface area contributed by atoms with Crippen molar-refractivity contribution in [1.82, 2.24) is 14.5 Å². The number of sulfonamides is 1. The Balaban J connectivity index is 1.88. The highest BCUT2D eigenvalue weighted by Crippen LogP contribution is 2.22. The van der Waals surface area contributed by atoms with Gasteiger partial charge in [-0.1, -0.05) is 56.3 Å². The molecule has 0 heterocycles. The van der Waals surface area contributed by atoms with Gasteiger partial charge in [-0.05, 0) is 53.4 Å². The zero-order chi connectivity index (χ0) is 27.0. The summed E-state index contributed by atoms with van der Waals surface area (Å²) in [6.45, 7) is 4.01. The van der Waals surface area contributed by atoms with Gasteiger partial charge in [0.1, 0.15) is 11.8 Å². The number of ether oxygens (including phenoxy) is 1. The van der Waals surface area contributed by atoms with Crippen LogP contribution in [0.3, 0.4) is 0 Å². The fraction of sp³-hybridized carbons (Fsp3) is 0.357. The Kier molecular flexibility index (Phi) is 9.66. The van der Waals surface area contributed by atoms with Gasteiger partial charge in [0.15, 0.2) is 0 Å². The van der Waals surface area contributed by atoms with Crippen molar-refractivity contribution in [3.8, 4) is 5.75 Å². The van der Waals surface area contributed by atoms with E-state index in [0.717, 1.165) is 27.1 Å². The van der Waals surface area contributed by atoms with E-state index in [9.17, 15) is 18.0 Å². The van der Waals surface area contributed by atoms with Gasteiger partial charge < -0.3 is 15.0 Å². The van der Waals surface area contributed by atoms with Crippen LogP contribution in [0.25, 0.3) is 10.8 Å². The van der Waals surface area contributed by atoms with E-state index in [-0.39, 0.29) is 17.3 Å². The largest absolute Gasteiger partial charge is 0.497 e. The Labute approximate surface area is 219 Å². The normalized spacial score (nSPS) is 12.4. The summed E-state index contributed by atoms with van der Waals surface area (Å²) in [5.41, 5.74) is 0.773. The third kappa shape index (κ3) is 6.87. The van der Waals surface area contributed by atoms with Crippen LogP contribution in [0.4, 0.5) is 0 Å². The van der Waals surface area contributed by atoms with Gasteiger partial charge in [0.25, 0.3) is 0 Å². The number of hydrogen-bond acceptors (Lipinski definition) is 5. The molecule has 0 fully saturated rings. The molecule has 37 heavy (non-hydrogen) atoms. The zero-order valence-electron chi connectivity index (χ0n) is 21.8. The van der Waals surface area contributed by atoms with E-state index in [2.05, 4.69) is 5.32 Å². The van der Waals surface area contributed by atoms with E-state index in [1.54, 1.807) is 37.4 Å². The Hall–Kier alpha value is -3.43. The monoisotopic (exact) mass is 525 g/mol. The maximum atomic E-state index is 13.6. The lowest BCUT2D eigenvalue weighted by Gasteiger charge is -2.32.